The van der Waals surface area contributed by atoms with E-state index in [1.165, 1.54) is 0 Å². The number of para-hydroxylation sites is 1. The van der Waals surface area contributed by atoms with Crippen LogP contribution in [0.1, 0.15) is 11.1 Å². The first-order valence-corrected chi connectivity index (χ1v) is 7.18. The Balaban J connectivity index is 1.92. The van der Waals surface area contributed by atoms with Crippen LogP contribution in [0.5, 0.6) is 5.75 Å². The molecular weight excluding hydrogens is 290 g/mol. The van der Waals surface area contributed by atoms with Crippen molar-refractivity contribution in [1.29, 1.82) is 0 Å². The molecule has 0 fully saturated rings. The van der Waals surface area contributed by atoms with E-state index in [-0.39, 0.29) is 5.70 Å². The van der Waals surface area contributed by atoms with Crippen LogP contribution in [-0.4, -0.2) is 18.5 Å². The van der Waals surface area contributed by atoms with Crippen molar-refractivity contribution in [3.05, 3.63) is 84.1 Å². The second-order valence-electron chi connectivity index (χ2n) is 4.84. The molecule has 0 unspecified atom stereocenters. The number of benzene rings is 2. The monoisotopic (exact) mass is 305 g/mol. The topological polar surface area (TPSA) is 47.9 Å². The van der Waals surface area contributed by atoms with Crippen molar-refractivity contribution in [2.45, 2.75) is 0 Å². The molecule has 0 radical (unpaired) electrons. The van der Waals surface area contributed by atoms with E-state index in [9.17, 15) is 4.79 Å². The Morgan fingerprint density at radius 3 is 2.61 bits per heavy atom. The highest BCUT2D eigenvalue weighted by Crippen LogP contribution is 2.24. The first-order chi connectivity index (χ1) is 11.3. The normalized spacial score (nSPS) is 15.2. The molecule has 4 nitrogen and oxygen atoms in total. The molecule has 1 aliphatic rings. The molecule has 3 rings (SSSR count). The van der Waals surface area contributed by atoms with Gasteiger partial charge in [0, 0.05) is 11.1 Å². The Labute approximate surface area is 134 Å². The van der Waals surface area contributed by atoms with Crippen LogP contribution in [-0.2, 0) is 9.53 Å². The third kappa shape index (κ3) is 3.37. The quantitative estimate of drug-likeness (QED) is 0.482. The molecule has 0 aromatic heterocycles. The molecule has 1 aliphatic heterocycles. The van der Waals surface area contributed by atoms with Crippen LogP contribution in [0.4, 0.5) is 0 Å². The van der Waals surface area contributed by atoms with Crippen molar-refractivity contribution in [2.75, 3.05) is 6.61 Å². The Bertz CT molecular complexity index is 791. The van der Waals surface area contributed by atoms with Gasteiger partial charge in [0.15, 0.2) is 5.70 Å². The van der Waals surface area contributed by atoms with E-state index in [1.807, 2.05) is 54.6 Å². The lowest BCUT2D eigenvalue weighted by atomic mass is 10.1. The molecular formula is C19H15NO3. The summed E-state index contributed by atoms with van der Waals surface area (Å²) in [5.41, 5.74) is 1.78. The molecule has 114 valence electrons. The zero-order chi connectivity index (χ0) is 16.1. The fraction of sp³-hybridized carbons (Fsp3) is 0.0526. The van der Waals surface area contributed by atoms with E-state index in [2.05, 4.69) is 11.6 Å². The predicted molar refractivity (Wildman–Crippen MR) is 89.2 cm³/mol. The summed E-state index contributed by atoms with van der Waals surface area (Å²) in [5, 5.41) is 0. The zero-order valence-corrected chi connectivity index (χ0v) is 12.4. The Hall–Kier alpha value is -3.14. The third-order valence-electron chi connectivity index (χ3n) is 3.21. The molecule has 1 heterocycles. The minimum atomic E-state index is -0.470. The van der Waals surface area contributed by atoms with Gasteiger partial charge in [0.2, 0.25) is 5.90 Å². The number of rotatable bonds is 5. The number of hydrogen-bond acceptors (Lipinski definition) is 4. The zero-order valence-electron chi connectivity index (χ0n) is 12.4. The predicted octanol–water partition coefficient (Wildman–Crippen LogP) is 3.60. The maximum atomic E-state index is 12.0. The van der Waals surface area contributed by atoms with Crippen molar-refractivity contribution in [3.63, 3.8) is 0 Å². The second kappa shape index (κ2) is 6.75. The second-order valence-corrected chi connectivity index (χ2v) is 4.84. The molecule has 0 saturated carbocycles. The summed E-state index contributed by atoms with van der Waals surface area (Å²) in [5.74, 6) is 0.504. The molecule has 0 amide bonds. The number of esters is 1. The number of nitrogens with zero attached hydrogens (tertiary/aromatic N) is 1. The van der Waals surface area contributed by atoms with E-state index >= 15 is 0 Å². The summed E-state index contributed by atoms with van der Waals surface area (Å²) in [6.07, 6.45) is 3.33. The van der Waals surface area contributed by atoms with E-state index in [0.29, 0.717) is 18.3 Å². The van der Waals surface area contributed by atoms with E-state index in [0.717, 1.165) is 11.1 Å². The molecule has 4 heteroatoms. The van der Waals surface area contributed by atoms with Crippen molar-refractivity contribution in [2.24, 2.45) is 4.99 Å². The molecule has 0 atom stereocenters. The fourth-order valence-corrected chi connectivity index (χ4v) is 2.14. The molecule has 0 bridgehead atoms. The van der Waals surface area contributed by atoms with Gasteiger partial charge in [-0.25, -0.2) is 9.79 Å². The van der Waals surface area contributed by atoms with Gasteiger partial charge in [-0.1, -0.05) is 49.1 Å². The summed E-state index contributed by atoms with van der Waals surface area (Å²) in [7, 11) is 0. The molecule has 2 aromatic rings. The smallest absolute Gasteiger partial charge is 0.363 e. The van der Waals surface area contributed by atoms with Gasteiger partial charge in [0.1, 0.15) is 12.4 Å². The van der Waals surface area contributed by atoms with E-state index in [4.69, 9.17) is 9.47 Å². The lowest BCUT2D eigenvalue weighted by molar-refractivity contribution is -0.129. The van der Waals surface area contributed by atoms with Gasteiger partial charge in [-0.05, 0) is 24.3 Å². The molecule has 0 aliphatic carbocycles. The lowest BCUT2D eigenvalue weighted by Gasteiger charge is -2.06. The summed E-state index contributed by atoms with van der Waals surface area (Å²) in [4.78, 5) is 16.3. The summed E-state index contributed by atoms with van der Waals surface area (Å²) in [6, 6.07) is 16.7. The number of cyclic esters (lactones) is 1. The lowest BCUT2D eigenvalue weighted by Crippen LogP contribution is -2.05. The standard InChI is InChI=1S/C19H15NO3/c1-2-12-22-17-11-7-6-10-15(17)13-16-19(21)23-18(20-16)14-8-4-3-5-9-14/h2-11,13H,1,12H2. The minimum absolute atomic E-state index is 0.249. The Morgan fingerprint density at radius 1 is 1.09 bits per heavy atom. The molecule has 23 heavy (non-hydrogen) atoms. The van der Waals surface area contributed by atoms with Crippen LogP contribution in [0.2, 0.25) is 0 Å². The highest BCUT2D eigenvalue weighted by molar-refractivity contribution is 6.12. The SMILES string of the molecule is C=CCOc1ccccc1C=C1N=C(c2ccccc2)OC1=O. The minimum Gasteiger partial charge on any atom is -0.489 e. The first kappa shape index (κ1) is 14.8. The number of carbonyl (C=O) groups excluding carboxylic acids is 1. The molecule has 0 N–H and O–H groups in total. The largest absolute Gasteiger partial charge is 0.489 e. The summed E-state index contributed by atoms with van der Waals surface area (Å²) < 4.78 is 10.8. The van der Waals surface area contributed by atoms with Crippen LogP contribution in [0.15, 0.2) is 77.9 Å². The number of hydrogen-bond donors (Lipinski definition) is 0. The Kier molecular flexibility index (Phi) is 4.34. The van der Waals surface area contributed by atoms with Gasteiger partial charge in [-0.15, -0.1) is 0 Å². The molecule has 0 spiro atoms. The van der Waals surface area contributed by atoms with Gasteiger partial charge < -0.3 is 9.47 Å². The van der Waals surface area contributed by atoms with Gasteiger partial charge in [0.25, 0.3) is 0 Å². The first-order valence-electron chi connectivity index (χ1n) is 7.18. The van der Waals surface area contributed by atoms with Gasteiger partial charge >= 0.3 is 5.97 Å². The third-order valence-corrected chi connectivity index (χ3v) is 3.21. The van der Waals surface area contributed by atoms with Gasteiger partial charge in [-0.2, -0.15) is 0 Å². The maximum Gasteiger partial charge on any atom is 0.363 e. The summed E-state index contributed by atoms with van der Waals surface area (Å²) in [6.45, 7) is 4.02. The van der Waals surface area contributed by atoms with E-state index < -0.39 is 5.97 Å². The van der Waals surface area contributed by atoms with Crippen LogP contribution in [0, 0.1) is 0 Å². The van der Waals surface area contributed by atoms with Crippen molar-refractivity contribution < 1.29 is 14.3 Å². The van der Waals surface area contributed by atoms with E-state index in [1.54, 1.807) is 12.2 Å². The van der Waals surface area contributed by atoms with Crippen LogP contribution in [0.25, 0.3) is 6.08 Å². The fourth-order valence-electron chi connectivity index (χ4n) is 2.14. The average molecular weight is 305 g/mol. The number of aliphatic imine (C=N–C) groups is 1. The highest BCUT2D eigenvalue weighted by Gasteiger charge is 2.24. The number of ether oxygens (including phenoxy) is 2. The molecule has 0 saturated heterocycles. The van der Waals surface area contributed by atoms with Crippen LogP contribution < -0.4 is 4.74 Å². The van der Waals surface area contributed by atoms with Crippen LogP contribution in [0.3, 0.4) is 0 Å². The van der Waals surface area contributed by atoms with Crippen LogP contribution >= 0.6 is 0 Å². The maximum absolute atomic E-state index is 12.0. The van der Waals surface area contributed by atoms with Crippen molar-refractivity contribution in [1.82, 2.24) is 0 Å². The van der Waals surface area contributed by atoms with Gasteiger partial charge in [0.05, 0.1) is 0 Å². The molecule has 2 aromatic carbocycles. The highest BCUT2D eigenvalue weighted by atomic mass is 16.6. The van der Waals surface area contributed by atoms with Crippen molar-refractivity contribution >= 4 is 17.9 Å². The summed E-state index contributed by atoms with van der Waals surface area (Å²) >= 11 is 0. The van der Waals surface area contributed by atoms with Gasteiger partial charge in [-0.3, -0.25) is 0 Å². The number of carbonyl (C=O) groups is 1. The Morgan fingerprint density at radius 2 is 1.83 bits per heavy atom. The average Bonchev–Trinajstić information content (AvgIpc) is 2.96. The van der Waals surface area contributed by atoms with Crippen molar-refractivity contribution in [3.8, 4) is 5.75 Å².